The molecule has 1 aliphatic heterocycles. The highest BCUT2D eigenvalue weighted by Crippen LogP contribution is 2.35. The molecule has 3 nitrogen and oxygen atoms in total. The number of hydrogen-bond acceptors (Lipinski definition) is 3. The highest BCUT2D eigenvalue weighted by atomic mass is 16.3. The fraction of sp³-hybridized carbons (Fsp3) is 0.350. The van der Waals surface area contributed by atoms with Gasteiger partial charge in [0, 0.05) is 41.9 Å². The van der Waals surface area contributed by atoms with Gasteiger partial charge in [-0.2, -0.15) is 0 Å². The number of fused-ring (bicyclic) bond motifs is 2. The number of hydrogen-bond donors (Lipinski definition) is 1. The fourth-order valence-corrected chi connectivity index (χ4v) is 3.11. The Morgan fingerprint density at radius 3 is 2.48 bits per heavy atom. The van der Waals surface area contributed by atoms with Crippen LogP contribution in [0, 0.1) is 20.8 Å². The zero-order valence-electron chi connectivity index (χ0n) is 14.6. The predicted molar refractivity (Wildman–Crippen MR) is 97.3 cm³/mol. The monoisotopic (exact) mass is 308 g/mol. The molecule has 1 N–H and O–H groups in total. The lowest BCUT2D eigenvalue weighted by Crippen LogP contribution is -2.09. The number of nitrogens with one attached hydrogen (secondary N) is 1. The third-order valence-corrected chi connectivity index (χ3v) is 4.35. The third kappa shape index (κ3) is 2.72. The number of benzene rings is 2. The molecule has 2 aliphatic rings. The lowest BCUT2D eigenvalue weighted by molar-refractivity contribution is 0.617. The molecule has 0 aromatic heterocycles. The number of anilines is 1. The molecule has 0 spiro atoms. The van der Waals surface area contributed by atoms with Gasteiger partial charge in [-0.25, -0.2) is 0 Å². The van der Waals surface area contributed by atoms with Crippen LogP contribution in [-0.2, 0) is 0 Å². The maximum Gasteiger partial charge on any atom is 0.137 e. The van der Waals surface area contributed by atoms with Crippen LogP contribution >= 0.6 is 0 Å². The summed E-state index contributed by atoms with van der Waals surface area (Å²) in [6, 6.07) is 8.57. The summed E-state index contributed by atoms with van der Waals surface area (Å²) in [6.45, 7) is 12.3. The van der Waals surface area contributed by atoms with Crippen molar-refractivity contribution >= 4 is 16.7 Å². The van der Waals surface area contributed by atoms with Crippen molar-refractivity contribution in [3.63, 3.8) is 0 Å². The molecule has 0 amide bonds. The van der Waals surface area contributed by atoms with Gasteiger partial charge in [-0.3, -0.25) is 4.99 Å². The van der Waals surface area contributed by atoms with Gasteiger partial charge in [0.15, 0.2) is 0 Å². The second kappa shape index (κ2) is 6.07. The van der Waals surface area contributed by atoms with E-state index in [0.717, 1.165) is 35.5 Å². The molecule has 0 bridgehead atoms. The summed E-state index contributed by atoms with van der Waals surface area (Å²) in [6.07, 6.45) is 0. The quantitative estimate of drug-likeness (QED) is 0.705. The van der Waals surface area contributed by atoms with Gasteiger partial charge in [0.1, 0.15) is 11.3 Å². The minimum atomic E-state index is 0.780. The fourth-order valence-electron chi connectivity index (χ4n) is 3.11. The van der Waals surface area contributed by atoms with Crippen molar-refractivity contribution in [2.45, 2.75) is 34.6 Å². The number of nitrogens with zero attached hydrogens (tertiary/aromatic N) is 1. The minimum absolute atomic E-state index is 0.780. The van der Waals surface area contributed by atoms with E-state index in [9.17, 15) is 0 Å². The Balaban J connectivity index is 2.36. The Kier molecular flexibility index (Phi) is 4.12. The van der Waals surface area contributed by atoms with Gasteiger partial charge in [-0.1, -0.05) is 0 Å². The average molecular weight is 308 g/mol. The molecule has 1 aromatic carbocycles. The maximum absolute atomic E-state index is 6.21. The number of rotatable bonds is 3. The van der Waals surface area contributed by atoms with Crippen molar-refractivity contribution in [1.82, 2.24) is 0 Å². The van der Waals surface area contributed by atoms with Crippen LogP contribution in [0.5, 0.6) is 0 Å². The Bertz CT molecular complexity index is 906. The molecule has 0 saturated heterocycles. The summed E-state index contributed by atoms with van der Waals surface area (Å²) in [5, 5.41) is 5.59. The first-order valence-electron chi connectivity index (χ1n) is 8.28. The Labute approximate surface area is 137 Å². The largest absolute Gasteiger partial charge is 0.456 e. The molecule has 0 unspecified atom stereocenters. The molecule has 0 saturated carbocycles. The van der Waals surface area contributed by atoms with Crippen molar-refractivity contribution in [3.8, 4) is 11.3 Å². The Hall–Kier alpha value is -2.29. The van der Waals surface area contributed by atoms with Crippen LogP contribution in [0.4, 0.5) is 5.69 Å². The molecule has 0 radical (unpaired) electrons. The van der Waals surface area contributed by atoms with Gasteiger partial charge in [0.05, 0.1) is 5.36 Å². The van der Waals surface area contributed by atoms with Crippen LogP contribution in [0.15, 0.2) is 33.7 Å². The van der Waals surface area contributed by atoms with Gasteiger partial charge < -0.3 is 9.73 Å². The van der Waals surface area contributed by atoms with E-state index in [1.54, 1.807) is 0 Å². The van der Waals surface area contributed by atoms with Crippen LogP contribution in [0.1, 0.15) is 30.5 Å². The highest BCUT2D eigenvalue weighted by Gasteiger charge is 2.15. The zero-order chi connectivity index (χ0) is 16.6. The molecule has 0 fully saturated rings. The van der Waals surface area contributed by atoms with E-state index in [1.807, 2.05) is 0 Å². The predicted octanol–water partition coefficient (Wildman–Crippen LogP) is 4.82. The first kappa shape index (κ1) is 15.6. The summed E-state index contributed by atoms with van der Waals surface area (Å²) < 4.78 is 6.21. The SMILES string of the molecule is CCN=c1cc2oc3cc(NCC)c(C)cc3c(C)c-2cc1C. The summed E-state index contributed by atoms with van der Waals surface area (Å²) >= 11 is 0. The van der Waals surface area contributed by atoms with E-state index >= 15 is 0 Å². The van der Waals surface area contributed by atoms with Gasteiger partial charge in [0.2, 0.25) is 0 Å². The van der Waals surface area contributed by atoms with E-state index in [-0.39, 0.29) is 0 Å². The summed E-state index contributed by atoms with van der Waals surface area (Å²) in [4.78, 5) is 4.55. The van der Waals surface area contributed by atoms with Crippen molar-refractivity contribution < 1.29 is 4.42 Å². The second-order valence-corrected chi connectivity index (χ2v) is 6.03. The van der Waals surface area contributed by atoms with E-state index in [4.69, 9.17) is 4.42 Å². The smallest absolute Gasteiger partial charge is 0.137 e. The molecule has 0 atom stereocenters. The van der Waals surface area contributed by atoms with Crippen molar-refractivity contribution in [2.24, 2.45) is 4.99 Å². The van der Waals surface area contributed by atoms with Crippen molar-refractivity contribution in [1.29, 1.82) is 0 Å². The van der Waals surface area contributed by atoms with Gasteiger partial charge in [-0.15, -0.1) is 0 Å². The minimum Gasteiger partial charge on any atom is -0.456 e. The molecular formula is C20H24N2O. The molecule has 1 aromatic rings. The van der Waals surface area contributed by atoms with Crippen LogP contribution in [-0.4, -0.2) is 13.1 Å². The lowest BCUT2D eigenvalue weighted by atomic mass is 9.97. The van der Waals surface area contributed by atoms with E-state index in [0.29, 0.717) is 0 Å². The summed E-state index contributed by atoms with van der Waals surface area (Å²) in [5.41, 5.74) is 6.92. The maximum atomic E-state index is 6.21. The molecule has 1 aliphatic carbocycles. The van der Waals surface area contributed by atoms with Gasteiger partial charge >= 0.3 is 0 Å². The molecular weight excluding hydrogens is 284 g/mol. The first-order chi connectivity index (χ1) is 11.0. The van der Waals surface area contributed by atoms with Crippen LogP contribution < -0.4 is 10.7 Å². The van der Waals surface area contributed by atoms with E-state index in [1.165, 1.54) is 27.6 Å². The molecule has 3 heteroatoms. The standard InChI is InChI=1S/C20H24N2O/c1-6-21-17-10-19-15(8-12(17)3)14(5)16-9-13(4)18(22-7-2)11-20(16)23-19/h8-11,21H,6-7H2,1-5H3. The van der Waals surface area contributed by atoms with Crippen LogP contribution in [0.2, 0.25) is 0 Å². The van der Waals surface area contributed by atoms with E-state index in [2.05, 4.69) is 69.2 Å². The Morgan fingerprint density at radius 2 is 1.78 bits per heavy atom. The second-order valence-electron chi connectivity index (χ2n) is 6.03. The van der Waals surface area contributed by atoms with E-state index < -0.39 is 0 Å². The molecule has 1 heterocycles. The molecule has 120 valence electrons. The lowest BCUT2D eigenvalue weighted by Gasteiger charge is -2.15. The summed E-state index contributed by atoms with van der Waals surface area (Å²) in [7, 11) is 0. The normalized spacial score (nSPS) is 12.3. The average Bonchev–Trinajstić information content (AvgIpc) is 2.52. The van der Waals surface area contributed by atoms with Gasteiger partial charge in [0.25, 0.3) is 0 Å². The van der Waals surface area contributed by atoms with Crippen molar-refractivity contribution in [3.05, 3.63) is 46.3 Å². The Morgan fingerprint density at radius 1 is 1.00 bits per heavy atom. The first-order valence-corrected chi connectivity index (χ1v) is 8.28. The third-order valence-electron chi connectivity index (χ3n) is 4.35. The zero-order valence-corrected chi connectivity index (χ0v) is 14.6. The summed E-state index contributed by atoms with van der Waals surface area (Å²) in [5.74, 6) is 0.902. The van der Waals surface area contributed by atoms with Crippen LogP contribution in [0.25, 0.3) is 22.3 Å². The van der Waals surface area contributed by atoms with Crippen LogP contribution in [0.3, 0.4) is 0 Å². The molecule has 3 rings (SSSR count). The number of aryl methyl sites for hydroxylation is 3. The van der Waals surface area contributed by atoms with Crippen molar-refractivity contribution in [2.75, 3.05) is 18.4 Å². The highest BCUT2D eigenvalue weighted by molar-refractivity contribution is 5.90. The molecule has 23 heavy (non-hydrogen) atoms. The van der Waals surface area contributed by atoms with Gasteiger partial charge in [-0.05, 0) is 63.4 Å². The topological polar surface area (TPSA) is 37.5 Å².